The molecular weight excluding hydrogens is 614 g/mol. The molecule has 0 aromatic carbocycles. The molecule has 8 bridgehead atoms. The summed E-state index contributed by atoms with van der Waals surface area (Å²) in [5.74, 6) is 5.74. The normalized spacial score (nSPS) is 51.9. The summed E-state index contributed by atoms with van der Waals surface area (Å²) in [6.07, 6.45) is 26.4. The van der Waals surface area contributed by atoms with Gasteiger partial charge in [0.2, 0.25) is 0 Å². The van der Waals surface area contributed by atoms with Crippen molar-refractivity contribution in [3.63, 3.8) is 0 Å². The van der Waals surface area contributed by atoms with Crippen LogP contribution in [0, 0.1) is 53.8 Å². The fourth-order valence-electron chi connectivity index (χ4n) is 11.7. The summed E-state index contributed by atoms with van der Waals surface area (Å²) in [4.78, 5) is 0. The van der Waals surface area contributed by atoms with Crippen LogP contribution in [0.3, 0.4) is 0 Å². The predicted molar refractivity (Wildman–Crippen MR) is 173 cm³/mol. The van der Waals surface area contributed by atoms with Crippen LogP contribution < -0.4 is 42.5 Å². The van der Waals surface area contributed by atoms with E-state index < -0.39 is 0 Å². The Morgan fingerprint density at radius 1 is 0.444 bits per heavy atom. The topological polar surface area (TPSA) is 140 Å². The Kier molecular flexibility index (Phi) is 11.2. The Morgan fingerprint density at radius 3 is 1.02 bits per heavy atom. The maximum absolute atomic E-state index is 7.69. The number of aliphatic hydroxyl groups is 1. The molecule has 16 unspecified atom stereocenters. The molecule has 1 radical (unpaired) electrons. The first-order chi connectivity index (χ1) is 21.7. The van der Waals surface area contributed by atoms with E-state index in [9.17, 15) is 0 Å². The number of rotatable bonds is 1. The maximum atomic E-state index is 7.69. The van der Waals surface area contributed by atoms with Gasteiger partial charge in [-0.25, -0.2) is 0 Å². The summed E-state index contributed by atoms with van der Waals surface area (Å²) in [6.45, 7) is 0.111. The Hall–Kier alpha value is 0.119. The molecule has 0 aromatic rings. The molecule has 11 heteroatoms. The van der Waals surface area contributed by atoms with E-state index in [1.165, 1.54) is 96.3 Å². The van der Waals surface area contributed by atoms with Gasteiger partial charge in [0.15, 0.2) is 0 Å². The van der Waals surface area contributed by atoms with Crippen molar-refractivity contribution in [2.24, 2.45) is 47.3 Å². The number of hydrogen-bond donors (Lipinski definition) is 9. The number of hydrogen-bond acceptors (Lipinski definition) is 9. The number of aliphatic hydroxyl groups excluding tert-OH is 1. The molecule has 9 aliphatic rings. The molecule has 16 atom stereocenters. The third-order valence-corrected chi connectivity index (χ3v) is 13.7. The summed E-state index contributed by atoms with van der Waals surface area (Å²) in [5, 5.41) is 41.4. The molecule has 9 rings (SSSR count). The average molecular weight is 675 g/mol. The fraction of sp³-hybridized carbons (Fsp3) is 0.971. The fourth-order valence-corrected chi connectivity index (χ4v) is 11.7. The third-order valence-electron chi connectivity index (χ3n) is 13.7. The van der Waals surface area contributed by atoms with E-state index in [2.05, 4.69) is 49.0 Å². The Morgan fingerprint density at radius 2 is 0.711 bits per heavy atom. The molecule has 9 fully saturated rings. The summed E-state index contributed by atoms with van der Waals surface area (Å²) in [6, 6.07) is 0. The summed E-state index contributed by atoms with van der Waals surface area (Å²) in [5.41, 5.74) is 6.20. The standard InChI is InChI=1S/C32H55N8.C2H6NO.Cu/c1-2-10-18-17(9-1)25-33-26(18)38-28-21-13-5-6-14-22(21)30(35-28)40-32-24-16-8-7-15-23(24)31(36-32)39-29-20-12-4-3-11-19(20)27(34-29)37-25;3-1-2-4;/h9,17-40H,1-8,10-16H2;3-4H,1-2H2;/q2*-1;+2. The third kappa shape index (κ3) is 6.57. The predicted octanol–water partition coefficient (Wildman–Crippen LogP) is 2.45. The summed E-state index contributed by atoms with van der Waals surface area (Å²) < 4.78 is 0. The van der Waals surface area contributed by atoms with Gasteiger partial charge in [0.05, 0.1) is 43.2 Å². The van der Waals surface area contributed by atoms with Crippen molar-refractivity contribution in [3.05, 3.63) is 12.2 Å². The molecular formula is C34H61CuN9O. The minimum atomic E-state index is -0.0139. The van der Waals surface area contributed by atoms with Crippen molar-refractivity contribution in [2.45, 2.75) is 146 Å². The molecule has 4 saturated carbocycles. The van der Waals surface area contributed by atoms with Crippen molar-refractivity contribution >= 4 is 0 Å². The Balaban J connectivity index is 0.000000617. The van der Waals surface area contributed by atoms with Gasteiger partial charge in [0.25, 0.3) is 0 Å². The van der Waals surface area contributed by atoms with Gasteiger partial charge in [0.1, 0.15) is 0 Å². The molecule has 5 heterocycles. The quantitative estimate of drug-likeness (QED) is 0.152. The molecule has 259 valence electrons. The van der Waals surface area contributed by atoms with Gasteiger partial charge in [-0.1, -0.05) is 51.4 Å². The van der Waals surface area contributed by atoms with Gasteiger partial charge in [-0.2, -0.15) is 6.42 Å². The zero-order chi connectivity index (χ0) is 29.6. The maximum Gasteiger partial charge on any atom is 2.00 e. The molecule has 4 aliphatic carbocycles. The Bertz CT molecular complexity index is 755. The molecule has 5 aliphatic heterocycles. The van der Waals surface area contributed by atoms with E-state index in [4.69, 9.17) is 10.8 Å². The number of fused-ring (bicyclic) bond motifs is 20. The van der Waals surface area contributed by atoms with Crippen molar-refractivity contribution in [1.29, 1.82) is 0 Å². The van der Waals surface area contributed by atoms with Crippen molar-refractivity contribution in [3.8, 4) is 0 Å². The molecule has 10 N–H and O–H groups in total. The molecule has 45 heavy (non-hydrogen) atoms. The van der Waals surface area contributed by atoms with Gasteiger partial charge in [-0.15, -0.1) is 12.5 Å². The Labute approximate surface area is 282 Å². The van der Waals surface area contributed by atoms with E-state index in [-0.39, 0.29) is 30.2 Å². The number of nitrogens with one attached hydrogen (secondary N) is 9. The van der Waals surface area contributed by atoms with Crippen LogP contribution in [0.25, 0.3) is 5.73 Å². The van der Waals surface area contributed by atoms with Crippen LogP contribution >= 0.6 is 0 Å². The monoisotopic (exact) mass is 674 g/mol. The minimum absolute atomic E-state index is 0. The molecule has 5 saturated heterocycles. The van der Waals surface area contributed by atoms with E-state index in [1.807, 2.05) is 0 Å². The van der Waals surface area contributed by atoms with Crippen LogP contribution in [0.4, 0.5) is 0 Å². The smallest absolute Gasteiger partial charge is 0.676 e. The second-order valence-corrected chi connectivity index (χ2v) is 15.9. The van der Waals surface area contributed by atoms with Crippen LogP contribution in [-0.4, -0.2) is 67.6 Å². The van der Waals surface area contributed by atoms with Crippen LogP contribution in [0.5, 0.6) is 0 Å². The SMILES string of the molecule is [CH-]1CCCC2C3NC(NC4NC(NC5NC(NC6NC(N3)C3CCCCC63)C3CCCCC53)C3CCCCC43)C12.[Cu+2].[NH-]CCO. The van der Waals surface area contributed by atoms with Gasteiger partial charge in [-0.3, -0.25) is 42.5 Å². The molecule has 10 nitrogen and oxygen atoms in total. The van der Waals surface area contributed by atoms with E-state index >= 15 is 0 Å². The van der Waals surface area contributed by atoms with Crippen molar-refractivity contribution in [1.82, 2.24) is 42.5 Å². The van der Waals surface area contributed by atoms with E-state index in [0.29, 0.717) is 61.2 Å². The van der Waals surface area contributed by atoms with Gasteiger partial charge in [-0.05, 0) is 80.0 Å². The molecule has 0 spiro atoms. The largest absolute Gasteiger partial charge is 2.00 e. The van der Waals surface area contributed by atoms with Crippen LogP contribution in [0.2, 0.25) is 0 Å². The first-order valence-corrected chi connectivity index (χ1v) is 18.9. The molecule has 0 aromatic heterocycles. The summed E-state index contributed by atoms with van der Waals surface area (Å²) >= 11 is 0. The zero-order valence-corrected chi connectivity index (χ0v) is 28.0. The van der Waals surface area contributed by atoms with Gasteiger partial charge in [0, 0.05) is 12.8 Å². The van der Waals surface area contributed by atoms with Crippen molar-refractivity contribution < 1.29 is 22.2 Å². The minimum Gasteiger partial charge on any atom is -0.676 e. The first-order valence-electron chi connectivity index (χ1n) is 18.9. The summed E-state index contributed by atoms with van der Waals surface area (Å²) in [7, 11) is 0. The van der Waals surface area contributed by atoms with E-state index in [0.717, 1.165) is 35.5 Å². The second-order valence-electron chi connectivity index (χ2n) is 15.9. The van der Waals surface area contributed by atoms with Crippen LogP contribution in [-0.2, 0) is 17.1 Å². The van der Waals surface area contributed by atoms with Gasteiger partial charge < -0.3 is 17.3 Å². The molecule has 0 amide bonds. The van der Waals surface area contributed by atoms with Gasteiger partial charge >= 0.3 is 17.1 Å². The van der Waals surface area contributed by atoms with Crippen molar-refractivity contribution in [2.75, 3.05) is 13.2 Å². The van der Waals surface area contributed by atoms with Crippen LogP contribution in [0.15, 0.2) is 0 Å². The first kappa shape index (κ1) is 33.6. The zero-order valence-electron chi connectivity index (χ0n) is 27.1. The average Bonchev–Trinajstić information content (AvgIpc) is 3.81. The second kappa shape index (κ2) is 14.9. The van der Waals surface area contributed by atoms with E-state index in [1.54, 1.807) is 0 Å². The van der Waals surface area contributed by atoms with Crippen LogP contribution in [0.1, 0.15) is 96.3 Å².